The molecule has 90 valence electrons. The van der Waals surface area contributed by atoms with Crippen molar-refractivity contribution >= 4 is 22.9 Å². The Morgan fingerprint density at radius 2 is 2.12 bits per heavy atom. The number of benzene rings is 1. The van der Waals surface area contributed by atoms with E-state index in [4.69, 9.17) is 11.6 Å². The van der Waals surface area contributed by atoms with Gasteiger partial charge < -0.3 is 0 Å². The van der Waals surface area contributed by atoms with E-state index in [0.29, 0.717) is 18.0 Å². The second kappa shape index (κ2) is 5.10. The van der Waals surface area contributed by atoms with Crippen LogP contribution in [0, 0.1) is 18.6 Å². The van der Waals surface area contributed by atoms with E-state index >= 15 is 0 Å². The van der Waals surface area contributed by atoms with Crippen LogP contribution in [-0.2, 0) is 6.42 Å². The summed E-state index contributed by atoms with van der Waals surface area (Å²) in [5.41, 5.74) is 0.708. The average Bonchev–Trinajstić information content (AvgIpc) is 2.64. The topological polar surface area (TPSA) is 12.9 Å². The fraction of sp³-hybridized carbons (Fsp3) is 0.250. The van der Waals surface area contributed by atoms with E-state index < -0.39 is 11.6 Å². The molecule has 1 heterocycles. The number of alkyl halides is 1. The van der Waals surface area contributed by atoms with Gasteiger partial charge in [0, 0.05) is 16.3 Å². The largest absolute Gasteiger partial charge is 0.241 e. The molecule has 0 atom stereocenters. The first kappa shape index (κ1) is 12.5. The lowest BCUT2D eigenvalue weighted by Gasteiger charge is -2.02. The van der Waals surface area contributed by atoms with E-state index in [2.05, 4.69) is 4.98 Å². The predicted molar refractivity (Wildman–Crippen MR) is 66.6 cm³/mol. The van der Waals surface area contributed by atoms with E-state index in [1.165, 1.54) is 17.4 Å². The van der Waals surface area contributed by atoms with Gasteiger partial charge in [0.2, 0.25) is 0 Å². The van der Waals surface area contributed by atoms with E-state index in [0.717, 1.165) is 22.0 Å². The van der Waals surface area contributed by atoms with Gasteiger partial charge >= 0.3 is 0 Å². The summed E-state index contributed by atoms with van der Waals surface area (Å²) in [4.78, 5) is 5.15. The van der Waals surface area contributed by atoms with Crippen LogP contribution in [0.2, 0.25) is 0 Å². The summed E-state index contributed by atoms with van der Waals surface area (Å²) in [6.45, 7) is 1.84. The van der Waals surface area contributed by atoms with Crippen LogP contribution in [0.4, 0.5) is 8.78 Å². The summed E-state index contributed by atoms with van der Waals surface area (Å²) < 4.78 is 26.8. The van der Waals surface area contributed by atoms with Gasteiger partial charge in [0.1, 0.15) is 11.6 Å². The number of rotatable bonds is 3. The summed E-state index contributed by atoms with van der Waals surface area (Å²) in [5, 5.41) is 0.823. The monoisotopic (exact) mass is 273 g/mol. The fourth-order valence-corrected chi connectivity index (χ4v) is 2.86. The standard InChI is InChI=1S/C12H10ClF2NS/c1-7-16-12(11(17-7)4-5-13)9-6-8(14)2-3-10(9)15/h2-3,6H,4-5H2,1H3. The smallest absolute Gasteiger partial charge is 0.132 e. The third kappa shape index (κ3) is 2.64. The first-order valence-electron chi connectivity index (χ1n) is 5.09. The first-order chi connectivity index (χ1) is 8.11. The minimum atomic E-state index is -0.469. The van der Waals surface area contributed by atoms with Crippen molar-refractivity contribution in [3.63, 3.8) is 0 Å². The van der Waals surface area contributed by atoms with Crippen molar-refractivity contribution in [2.75, 3.05) is 5.88 Å². The number of nitrogens with zero attached hydrogens (tertiary/aromatic N) is 1. The van der Waals surface area contributed by atoms with Crippen LogP contribution in [0.1, 0.15) is 9.88 Å². The first-order valence-corrected chi connectivity index (χ1v) is 6.44. The molecular formula is C12H10ClF2NS. The van der Waals surface area contributed by atoms with Crippen molar-refractivity contribution in [3.05, 3.63) is 39.7 Å². The molecule has 2 rings (SSSR count). The molecule has 0 spiro atoms. The number of halogens is 3. The summed E-state index contributed by atoms with van der Waals surface area (Å²) in [5.74, 6) is -0.498. The van der Waals surface area contributed by atoms with Crippen molar-refractivity contribution in [1.29, 1.82) is 0 Å². The van der Waals surface area contributed by atoms with Gasteiger partial charge in [-0.3, -0.25) is 0 Å². The van der Waals surface area contributed by atoms with Crippen molar-refractivity contribution in [1.82, 2.24) is 4.98 Å². The fourth-order valence-electron chi connectivity index (χ4n) is 1.61. The molecule has 1 nitrogen and oxygen atoms in total. The van der Waals surface area contributed by atoms with E-state index in [-0.39, 0.29) is 5.56 Å². The SMILES string of the molecule is Cc1nc(-c2cc(F)ccc2F)c(CCCl)s1. The Balaban J connectivity index is 2.55. The molecule has 1 aromatic heterocycles. The highest BCUT2D eigenvalue weighted by atomic mass is 35.5. The van der Waals surface area contributed by atoms with Gasteiger partial charge in [-0.15, -0.1) is 22.9 Å². The molecule has 0 amide bonds. The van der Waals surface area contributed by atoms with Crippen molar-refractivity contribution in [3.8, 4) is 11.3 Å². The Morgan fingerprint density at radius 3 is 2.82 bits per heavy atom. The summed E-state index contributed by atoms with van der Waals surface area (Å²) in [6, 6.07) is 3.38. The van der Waals surface area contributed by atoms with Crippen LogP contribution in [0.15, 0.2) is 18.2 Å². The number of hydrogen-bond donors (Lipinski definition) is 0. The van der Waals surface area contributed by atoms with Crippen LogP contribution in [-0.4, -0.2) is 10.9 Å². The lowest BCUT2D eigenvalue weighted by Crippen LogP contribution is -1.91. The molecule has 0 unspecified atom stereocenters. The number of aromatic nitrogens is 1. The zero-order chi connectivity index (χ0) is 12.4. The van der Waals surface area contributed by atoms with Crippen molar-refractivity contribution in [2.45, 2.75) is 13.3 Å². The number of hydrogen-bond acceptors (Lipinski definition) is 2. The zero-order valence-corrected chi connectivity index (χ0v) is 10.7. The van der Waals surface area contributed by atoms with Crippen molar-refractivity contribution < 1.29 is 8.78 Å². The highest BCUT2D eigenvalue weighted by Gasteiger charge is 2.15. The Kier molecular flexibility index (Phi) is 3.74. The van der Waals surface area contributed by atoms with E-state index in [1.54, 1.807) is 0 Å². The summed E-state index contributed by atoms with van der Waals surface area (Å²) in [6.07, 6.45) is 0.609. The quantitative estimate of drug-likeness (QED) is 0.765. The molecule has 5 heteroatoms. The Hall–Kier alpha value is -1.00. The van der Waals surface area contributed by atoms with Crippen molar-refractivity contribution in [2.24, 2.45) is 0 Å². The molecule has 0 saturated heterocycles. The number of thiazole rings is 1. The van der Waals surface area contributed by atoms with Crippen LogP contribution >= 0.6 is 22.9 Å². The molecular weight excluding hydrogens is 264 g/mol. The predicted octanol–water partition coefficient (Wildman–Crippen LogP) is 4.18. The molecule has 0 fully saturated rings. The zero-order valence-electron chi connectivity index (χ0n) is 9.14. The molecule has 0 N–H and O–H groups in total. The molecule has 1 aromatic carbocycles. The maximum absolute atomic E-state index is 13.6. The molecule has 0 radical (unpaired) electrons. The molecule has 17 heavy (non-hydrogen) atoms. The van der Waals surface area contributed by atoms with Crippen LogP contribution < -0.4 is 0 Å². The Bertz CT molecular complexity index is 539. The lowest BCUT2D eigenvalue weighted by atomic mass is 10.1. The van der Waals surface area contributed by atoms with E-state index in [1.807, 2.05) is 6.92 Å². The molecule has 2 aromatic rings. The second-order valence-electron chi connectivity index (χ2n) is 3.57. The van der Waals surface area contributed by atoms with Crippen LogP contribution in [0.5, 0.6) is 0 Å². The highest BCUT2D eigenvalue weighted by Crippen LogP contribution is 2.30. The lowest BCUT2D eigenvalue weighted by molar-refractivity contribution is 0.602. The molecule has 0 bridgehead atoms. The summed E-state index contributed by atoms with van der Waals surface area (Å²) in [7, 11) is 0. The Labute approximate surface area is 107 Å². The maximum atomic E-state index is 13.6. The maximum Gasteiger partial charge on any atom is 0.132 e. The normalized spacial score (nSPS) is 10.8. The third-order valence-electron chi connectivity index (χ3n) is 2.31. The van der Waals surface area contributed by atoms with E-state index in [9.17, 15) is 8.78 Å². The molecule has 0 aliphatic rings. The molecule has 0 aliphatic heterocycles. The minimum absolute atomic E-state index is 0.203. The summed E-state index contributed by atoms with van der Waals surface area (Å²) >= 11 is 7.15. The van der Waals surface area contributed by atoms with Gasteiger partial charge in [-0.2, -0.15) is 0 Å². The van der Waals surface area contributed by atoms with Gasteiger partial charge in [-0.25, -0.2) is 13.8 Å². The van der Waals surface area contributed by atoms with Crippen LogP contribution in [0.3, 0.4) is 0 Å². The molecule has 0 aliphatic carbocycles. The van der Waals surface area contributed by atoms with Gasteiger partial charge in [-0.1, -0.05) is 0 Å². The van der Waals surface area contributed by atoms with Crippen LogP contribution in [0.25, 0.3) is 11.3 Å². The minimum Gasteiger partial charge on any atom is -0.241 e. The second-order valence-corrected chi connectivity index (χ2v) is 5.23. The number of aryl methyl sites for hydroxylation is 2. The average molecular weight is 274 g/mol. The third-order valence-corrected chi connectivity index (χ3v) is 3.53. The van der Waals surface area contributed by atoms with Gasteiger partial charge in [-0.05, 0) is 31.5 Å². The van der Waals surface area contributed by atoms with Gasteiger partial charge in [0.15, 0.2) is 0 Å². The van der Waals surface area contributed by atoms with Gasteiger partial charge in [0.05, 0.1) is 10.7 Å². The highest BCUT2D eigenvalue weighted by molar-refractivity contribution is 7.12. The molecule has 0 saturated carbocycles. The van der Waals surface area contributed by atoms with Gasteiger partial charge in [0.25, 0.3) is 0 Å². The Morgan fingerprint density at radius 1 is 1.35 bits per heavy atom.